The maximum atomic E-state index is 14.1. The zero-order chi connectivity index (χ0) is 14.1. The van der Waals surface area contributed by atoms with E-state index in [4.69, 9.17) is 10.5 Å². The molecule has 0 aliphatic heterocycles. The van der Waals surface area contributed by atoms with Crippen LogP contribution in [-0.4, -0.2) is 14.8 Å². The molecule has 0 spiro atoms. The second-order valence-corrected chi connectivity index (χ2v) is 4.31. The van der Waals surface area contributed by atoms with E-state index in [1.807, 2.05) is 6.92 Å². The van der Waals surface area contributed by atoms with Gasteiger partial charge >= 0.3 is 0 Å². The van der Waals surface area contributed by atoms with Crippen LogP contribution in [0.4, 0.5) is 10.1 Å². The second kappa shape index (κ2) is 4.80. The second-order valence-electron chi connectivity index (χ2n) is 4.31. The van der Waals surface area contributed by atoms with Crippen molar-refractivity contribution in [2.45, 2.75) is 13.5 Å². The maximum absolute atomic E-state index is 14.1. The van der Waals surface area contributed by atoms with Crippen LogP contribution in [0.15, 0.2) is 36.8 Å². The first-order valence-corrected chi connectivity index (χ1v) is 6.22. The van der Waals surface area contributed by atoms with Crippen LogP contribution in [0, 0.1) is 5.82 Å². The third-order valence-corrected chi connectivity index (χ3v) is 2.99. The number of aromatic nitrogens is 3. The van der Waals surface area contributed by atoms with E-state index in [1.165, 1.54) is 12.3 Å². The molecule has 0 amide bonds. The summed E-state index contributed by atoms with van der Waals surface area (Å²) in [5, 5.41) is 4.74. The summed E-state index contributed by atoms with van der Waals surface area (Å²) >= 11 is 0. The molecule has 0 saturated carbocycles. The third kappa shape index (κ3) is 2.05. The number of ether oxygens (including phenoxy) is 1. The van der Waals surface area contributed by atoms with E-state index in [1.54, 1.807) is 29.2 Å². The van der Waals surface area contributed by atoms with Gasteiger partial charge in [0.15, 0.2) is 17.3 Å². The van der Waals surface area contributed by atoms with Crippen molar-refractivity contribution in [2.75, 3.05) is 5.73 Å². The predicted molar refractivity (Wildman–Crippen MR) is 74.1 cm³/mol. The molecule has 3 rings (SSSR count). The molecule has 102 valence electrons. The minimum atomic E-state index is -0.544. The van der Waals surface area contributed by atoms with Crippen LogP contribution in [0.5, 0.6) is 11.5 Å². The number of pyridine rings is 1. The number of anilines is 1. The number of rotatable bonds is 3. The van der Waals surface area contributed by atoms with Crippen molar-refractivity contribution in [3.63, 3.8) is 0 Å². The fraction of sp³-hybridized carbons (Fsp3) is 0.143. The van der Waals surface area contributed by atoms with E-state index < -0.39 is 5.82 Å². The normalized spacial score (nSPS) is 10.9. The largest absolute Gasteiger partial charge is 0.449 e. The Labute approximate surface area is 114 Å². The van der Waals surface area contributed by atoms with E-state index >= 15 is 0 Å². The molecule has 0 aliphatic rings. The molecule has 1 aromatic carbocycles. The fourth-order valence-corrected chi connectivity index (χ4v) is 2.00. The summed E-state index contributed by atoms with van der Waals surface area (Å²) in [6.07, 6.45) is 4.81. The SMILES string of the molecule is CCn1cc(Oc2c(F)cc(N)c3cccnc23)cn1. The summed E-state index contributed by atoms with van der Waals surface area (Å²) in [7, 11) is 0. The molecule has 20 heavy (non-hydrogen) atoms. The minimum Gasteiger partial charge on any atom is -0.449 e. The Hall–Kier alpha value is -2.63. The molecule has 0 saturated heterocycles. The van der Waals surface area contributed by atoms with E-state index in [9.17, 15) is 4.39 Å². The summed E-state index contributed by atoms with van der Waals surface area (Å²) in [5.41, 5.74) is 6.53. The Morgan fingerprint density at radius 1 is 1.45 bits per heavy atom. The lowest BCUT2D eigenvalue weighted by Gasteiger charge is -2.09. The van der Waals surface area contributed by atoms with E-state index in [0.29, 0.717) is 28.9 Å². The van der Waals surface area contributed by atoms with E-state index in [-0.39, 0.29) is 5.75 Å². The zero-order valence-corrected chi connectivity index (χ0v) is 10.9. The molecule has 5 nitrogen and oxygen atoms in total. The number of hydrogen-bond acceptors (Lipinski definition) is 4. The van der Waals surface area contributed by atoms with Gasteiger partial charge in [-0.1, -0.05) is 0 Å². The number of halogens is 1. The fourth-order valence-electron chi connectivity index (χ4n) is 2.00. The lowest BCUT2D eigenvalue weighted by molar-refractivity contribution is 0.446. The number of fused-ring (bicyclic) bond motifs is 1. The molecule has 6 heteroatoms. The molecular formula is C14H13FN4O. The van der Waals surface area contributed by atoms with Crippen molar-refractivity contribution < 1.29 is 9.13 Å². The Balaban J connectivity index is 2.10. The number of nitrogen functional groups attached to an aromatic ring is 1. The van der Waals surface area contributed by atoms with Crippen molar-refractivity contribution in [1.82, 2.24) is 14.8 Å². The number of aryl methyl sites for hydroxylation is 1. The quantitative estimate of drug-likeness (QED) is 0.744. The van der Waals surface area contributed by atoms with Gasteiger partial charge in [0.05, 0.1) is 12.4 Å². The molecular weight excluding hydrogens is 259 g/mol. The average molecular weight is 272 g/mol. The summed E-state index contributed by atoms with van der Waals surface area (Å²) in [6.45, 7) is 2.67. The van der Waals surface area contributed by atoms with Gasteiger partial charge in [-0.25, -0.2) is 4.39 Å². The van der Waals surface area contributed by atoms with Crippen LogP contribution in [0.2, 0.25) is 0 Å². The van der Waals surface area contributed by atoms with Crippen LogP contribution in [0.25, 0.3) is 10.9 Å². The highest BCUT2D eigenvalue weighted by Gasteiger charge is 2.14. The summed E-state index contributed by atoms with van der Waals surface area (Å²) in [4.78, 5) is 4.15. The third-order valence-electron chi connectivity index (χ3n) is 2.99. The van der Waals surface area contributed by atoms with Gasteiger partial charge in [-0.2, -0.15) is 5.10 Å². The molecule has 0 bridgehead atoms. The standard InChI is InChI=1S/C14H13FN4O/c1-2-19-8-9(7-18-19)20-14-11(15)6-12(16)10-4-3-5-17-13(10)14/h3-8H,2,16H2,1H3. The lowest BCUT2D eigenvalue weighted by Crippen LogP contribution is -1.96. The highest BCUT2D eigenvalue weighted by Crippen LogP contribution is 2.34. The molecule has 0 aliphatic carbocycles. The van der Waals surface area contributed by atoms with Crippen LogP contribution in [0.1, 0.15) is 6.92 Å². The van der Waals surface area contributed by atoms with E-state index in [2.05, 4.69) is 10.1 Å². The molecule has 2 heterocycles. The van der Waals surface area contributed by atoms with E-state index in [0.717, 1.165) is 0 Å². The molecule has 2 N–H and O–H groups in total. The highest BCUT2D eigenvalue weighted by molar-refractivity contribution is 5.94. The van der Waals surface area contributed by atoms with Gasteiger partial charge in [0, 0.05) is 29.9 Å². The molecule has 0 radical (unpaired) electrons. The highest BCUT2D eigenvalue weighted by atomic mass is 19.1. The Bertz CT molecular complexity index is 769. The van der Waals surface area contributed by atoms with Gasteiger partial charge in [0.25, 0.3) is 0 Å². The lowest BCUT2D eigenvalue weighted by atomic mass is 10.1. The van der Waals surface area contributed by atoms with Crippen LogP contribution >= 0.6 is 0 Å². The number of nitrogens with two attached hydrogens (primary N) is 1. The maximum Gasteiger partial charge on any atom is 0.189 e. The van der Waals surface area contributed by atoms with Gasteiger partial charge in [-0.05, 0) is 19.1 Å². The average Bonchev–Trinajstić information content (AvgIpc) is 2.91. The molecule has 0 unspecified atom stereocenters. The number of benzene rings is 1. The Morgan fingerprint density at radius 3 is 3.05 bits per heavy atom. The zero-order valence-electron chi connectivity index (χ0n) is 10.9. The number of hydrogen-bond donors (Lipinski definition) is 1. The van der Waals surface area contributed by atoms with Crippen molar-refractivity contribution in [1.29, 1.82) is 0 Å². The van der Waals surface area contributed by atoms with Crippen molar-refractivity contribution >= 4 is 16.6 Å². The van der Waals surface area contributed by atoms with Crippen molar-refractivity contribution in [2.24, 2.45) is 0 Å². The van der Waals surface area contributed by atoms with Crippen LogP contribution in [-0.2, 0) is 6.54 Å². The van der Waals surface area contributed by atoms with Crippen molar-refractivity contribution in [3.05, 3.63) is 42.6 Å². The van der Waals surface area contributed by atoms with Gasteiger partial charge in [0.1, 0.15) is 5.52 Å². The number of nitrogens with zero attached hydrogens (tertiary/aromatic N) is 3. The van der Waals surface area contributed by atoms with Gasteiger partial charge in [0.2, 0.25) is 0 Å². The van der Waals surface area contributed by atoms with Crippen LogP contribution < -0.4 is 10.5 Å². The minimum absolute atomic E-state index is 0.0606. The van der Waals surface area contributed by atoms with Gasteiger partial charge in [-0.3, -0.25) is 9.67 Å². The van der Waals surface area contributed by atoms with Gasteiger partial charge < -0.3 is 10.5 Å². The summed E-state index contributed by atoms with van der Waals surface area (Å²) in [5.74, 6) is -0.0223. The van der Waals surface area contributed by atoms with Crippen LogP contribution in [0.3, 0.4) is 0 Å². The first-order valence-electron chi connectivity index (χ1n) is 6.22. The Kier molecular flexibility index (Phi) is 2.98. The Morgan fingerprint density at radius 2 is 2.30 bits per heavy atom. The molecule has 0 atom stereocenters. The topological polar surface area (TPSA) is 66.0 Å². The van der Waals surface area contributed by atoms with Gasteiger partial charge in [-0.15, -0.1) is 0 Å². The summed E-state index contributed by atoms with van der Waals surface area (Å²) < 4.78 is 21.4. The molecule has 2 aromatic heterocycles. The first kappa shape index (κ1) is 12.4. The van der Waals surface area contributed by atoms with Crippen molar-refractivity contribution in [3.8, 4) is 11.5 Å². The molecule has 3 aromatic rings. The predicted octanol–water partition coefficient (Wildman–Crippen LogP) is 2.96. The molecule has 0 fully saturated rings. The monoisotopic (exact) mass is 272 g/mol. The summed E-state index contributed by atoms with van der Waals surface area (Å²) in [6, 6.07) is 4.76. The first-order chi connectivity index (χ1) is 9.69. The smallest absolute Gasteiger partial charge is 0.189 e.